The predicted molar refractivity (Wildman–Crippen MR) is 135 cm³/mol. The van der Waals surface area contributed by atoms with Crippen molar-refractivity contribution >= 4 is 45.0 Å². The normalized spacial score (nSPS) is 20.3. The monoisotopic (exact) mass is 573 g/mol. The van der Waals surface area contributed by atoms with Crippen molar-refractivity contribution in [1.82, 2.24) is 0 Å². The maximum absolute atomic E-state index is 14.6. The summed E-state index contributed by atoms with van der Waals surface area (Å²) in [6.45, 7) is 2.55. The Hall–Kier alpha value is -2.27. The Morgan fingerprint density at radius 2 is 2.06 bits per heavy atom. The fourth-order valence-electron chi connectivity index (χ4n) is 3.94. The highest BCUT2D eigenvalue weighted by Gasteiger charge is 2.45. The number of rotatable bonds is 7. The quantitative estimate of drug-likeness (QED) is 0.450. The molecule has 0 bridgehead atoms. The first-order valence-electron chi connectivity index (χ1n) is 10.9. The van der Waals surface area contributed by atoms with Gasteiger partial charge in [-0.3, -0.25) is 9.79 Å². The highest BCUT2D eigenvalue weighted by molar-refractivity contribution is 9.10. The van der Waals surface area contributed by atoms with Crippen LogP contribution in [0.15, 0.2) is 45.9 Å². The molecule has 35 heavy (non-hydrogen) atoms. The zero-order chi connectivity index (χ0) is 25.9. The summed E-state index contributed by atoms with van der Waals surface area (Å²) >= 11 is 9.89. The molecule has 2 aromatic rings. The van der Waals surface area contributed by atoms with E-state index in [0.29, 0.717) is 32.1 Å². The Morgan fingerprint density at radius 1 is 1.34 bits per heavy atom. The molecule has 2 aromatic carbocycles. The minimum atomic E-state index is -3.32. The second kappa shape index (κ2) is 11.2. The second-order valence-electron chi connectivity index (χ2n) is 7.93. The Balaban J connectivity index is 2.30. The lowest BCUT2D eigenvalue weighted by atomic mass is 9.98. The fourth-order valence-corrected chi connectivity index (χ4v) is 4.76. The van der Waals surface area contributed by atoms with Gasteiger partial charge in [0.05, 0.1) is 30.3 Å². The summed E-state index contributed by atoms with van der Waals surface area (Å²) in [5, 5.41) is 0.368. The van der Waals surface area contributed by atoms with Gasteiger partial charge in [0.25, 0.3) is 5.92 Å². The maximum atomic E-state index is 14.6. The van der Waals surface area contributed by atoms with Crippen LogP contribution in [0.25, 0.3) is 0 Å². The first-order valence-corrected chi connectivity index (χ1v) is 12.0. The first kappa shape index (κ1) is 27.3. The average Bonchev–Trinajstić information content (AvgIpc) is 2.92. The van der Waals surface area contributed by atoms with Gasteiger partial charge < -0.3 is 24.8 Å². The van der Waals surface area contributed by atoms with E-state index in [2.05, 4.69) is 20.9 Å². The van der Waals surface area contributed by atoms with E-state index in [1.807, 2.05) is 0 Å². The Bertz CT molecular complexity index is 1110. The first-order chi connectivity index (χ1) is 16.5. The summed E-state index contributed by atoms with van der Waals surface area (Å²) in [7, 11) is 2.96. The number of hydrogen-bond acceptors (Lipinski definition) is 6. The number of carbonyl (C=O) groups is 1. The van der Waals surface area contributed by atoms with Crippen molar-refractivity contribution in [3.05, 3.63) is 57.0 Å². The van der Waals surface area contributed by atoms with Crippen molar-refractivity contribution in [1.29, 1.82) is 0 Å². The van der Waals surface area contributed by atoms with Gasteiger partial charge in [-0.15, -0.1) is 0 Å². The van der Waals surface area contributed by atoms with Crippen LogP contribution in [-0.2, 0) is 14.3 Å². The van der Waals surface area contributed by atoms with E-state index in [0.717, 1.165) is 6.92 Å². The number of hydrogen-bond donors (Lipinski definition) is 1. The summed E-state index contributed by atoms with van der Waals surface area (Å²) in [6, 6.07) is 10.1. The molecule has 0 saturated carbocycles. The molecule has 1 heterocycles. The number of nitrogens with zero attached hydrogens (tertiary/aromatic N) is 2. The van der Waals surface area contributed by atoms with E-state index in [-0.39, 0.29) is 18.9 Å². The summed E-state index contributed by atoms with van der Waals surface area (Å²) in [5.74, 6) is -3.28. The molecule has 1 unspecified atom stereocenters. The van der Waals surface area contributed by atoms with Gasteiger partial charge in [0.15, 0.2) is 0 Å². The van der Waals surface area contributed by atoms with Crippen molar-refractivity contribution in [2.75, 3.05) is 25.7 Å². The summed E-state index contributed by atoms with van der Waals surface area (Å²) < 4.78 is 46.8. The van der Waals surface area contributed by atoms with Crippen molar-refractivity contribution in [2.45, 2.75) is 44.6 Å². The molecular weight excluding hydrogens is 548 g/mol. The molecule has 0 fully saturated rings. The third-order valence-electron chi connectivity index (χ3n) is 5.55. The number of benzene rings is 2. The van der Waals surface area contributed by atoms with E-state index in [9.17, 15) is 13.6 Å². The minimum absolute atomic E-state index is 0.0668. The number of halogens is 4. The highest BCUT2D eigenvalue weighted by atomic mass is 79.9. The van der Waals surface area contributed by atoms with Gasteiger partial charge >= 0.3 is 5.97 Å². The molecular formula is C24H27BrClF2N3O4. The number of anilines is 1. The number of amidine groups is 1. The summed E-state index contributed by atoms with van der Waals surface area (Å²) in [5.41, 5.74) is 7.52. The molecule has 0 amide bonds. The van der Waals surface area contributed by atoms with Gasteiger partial charge in [-0.25, -0.2) is 8.78 Å². The fraction of sp³-hybridized carbons (Fsp3) is 0.417. The minimum Gasteiger partial charge on any atom is -0.496 e. The summed E-state index contributed by atoms with van der Waals surface area (Å²) in [4.78, 5) is 18.0. The molecule has 3 rings (SSSR count). The molecule has 1 aliphatic rings. The van der Waals surface area contributed by atoms with Crippen molar-refractivity contribution in [3.8, 4) is 5.75 Å². The maximum Gasteiger partial charge on any atom is 0.308 e. The number of esters is 1. The molecule has 0 saturated heterocycles. The SMILES string of the molecule is CCOC(=O)C[C@H]1O[C@H](c2cccc(OC)c2Br)c2cc(Cl)ccc2N(C(N)C(C)(F)F)C1=NC. The number of ether oxygens (including phenoxy) is 3. The van der Waals surface area contributed by atoms with Crippen LogP contribution in [0.1, 0.15) is 37.5 Å². The van der Waals surface area contributed by atoms with Crippen LogP contribution in [0.2, 0.25) is 5.02 Å². The number of methoxy groups -OCH3 is 1. The average molecular weight is 575 g/mol. The third kappa shape index (κ3) is 5.77. The van der Waals surface area contributed by atoms with Gasteiger partial charge in [-0.05, 0) is 47.1 Å². The largest absolute Gasteiger partial charge is 0.496 e. The van der Waals surface area contributed by atoms with Crippen LogP contribution in [-0.4, -0.2) is 50.8 Å². The zero-order valence-electron chi connectivity index (χ0n) is 19.7. The van der Waals surface area contributed by atoms with Crippen LogP contribution in [0, 0.1) is 0 Å². The Morgan fingerprint density at radius 3 is 2.66 bits per heavy atom. The van der Waals surface area contributed by atoms with Crippen molar-refractivity contribution in [2.24, 2.45) is 10.7 Å². The Labute approximate surface area is 216 Å². The third-order valence-corrected chi connectivity index (χ3v) is 6.63. The molecule has 3 atom stereocenters. The number of aliphatic imine (C=N–C) groups is 1. The standard InChI is InChI=1S/C24H27BrClF2N3O4/c1-5-34-19(32)12-18-22(30-3)31(23(29)24(2,27)28)16-10-9-13(26)11-15(16)21(35-18)14-7-6-8-17(33-4)20(14)25/h6-11,18,21,23H,5,12,29H2,1-4H3/t18-,21-,23?/m1/s1. The van der Waals surface area contributed by atoms with Crippen molar-refractivity contribution in [3.63, 3.8) is 0 Å². The van der Waals surface area contributed by atoms with Gasteiger partial charge in [0.2, 0.25) is 0 Å². The van der Waals surface area contributed by atoms with Gasteiger partial charge in [-0.2, -0.15) is 0 Å². The number of carbonyl (C=O) groups excluding carboxylic acids is 1. The molecule has 0 radical (unpaired) electrons. The number of alkyl halides is 2. The van der Waals surface area contributed by atoms with E-state index in [1.54, 1.807) is 43.3 Å². The smallest absolute Gasteiger partial charge is 0.308 e. The zero-order valence-corrected chi connectivity index (χ0v) is 22.1. The topological polar surface area (TPSA) is 86.4 Å². The number of fused-ring (bicyclic) bond motifs is 1. The van der Waals surface area contributed by atoms with E-state index < -0.39 is 30.3 Å². The molecule has 190 valence electrons. The van der Waals surface area contributed by atoms with E-state index >= 15 is 0 Å². The second-order valence-corrected chi connectivity index (χ2v) is 9.16. The lowest BCUT2D eigenvalue weighted by Gasteiger charge is -2.36. The lowest BCUT2D eigenvalue weighted by molar-refractivity contribution is -0.145. The van der Waals surface area contributed by atoms with E-state index in [1.165, 1.54) is 19.1 Å². The van der Waals surface area contributed by atoms with Gasteiger partial charge in [-0.1, -0.05) is 23.7 Å². The molecule has 1 aliphatic heterocycles. The molecule has 0 spiro atoms. The summed E-state index contributed by atoms with van der Waals surface area (Å²) in [6.07, 6.45) is -3.96. The molecule has 2 N–H and O–H groups in total. The van der Waals surface area contributed by atoms with Gasteiger partial charge in [0, 0.05) is 30.1 Å². The van der Waals surface area contributed by atoms with E-state index in [4.69, 9.17) is 31.5 Å². The molecule has 0 aliphatic carbocycles. The highest BCUT2D eigenvalue weighted by Crippen LogP contribution is 2.45. The van der Waals surface area contributed by atoms with Crippen molar-refractivity contribution < 1.29 is 27.8 Å². The van der Waals surface area contributed by atoms with Crippen LogP contribution in [0.5, 0.6) is 5.75 Å². The Kier molecular flexibility index (Phi) is 8.74. The molecule has 11 heteroatoms. The van der Waals surface area contributed by atoms with Crippen LogP contribution < -0.4 is 15.4 Å². The molecule has 0 aromatic heterocycles. The lowest BCUT2D eigenvalue weighted by Crippen LogP contribution is -2.58. The predicted octanol–water partition coefficient (Wildman–Crippen LogP) is 5.33. The van der Waals surface area contributed by atoms with Crippen LogP contribution >= 0.6 is 27.5 Å². The van der Waals surface area contributed by atoms with Crippen LogP contribution in [0.3, 0.4) is 0 Å². The van der Waals surface area contributed by atoms with Crippen LogP contribution in [0.4, 0.5) is 14.5 Å². The number of nitrogens with two attached hydrogens (primary N) is 1. The van der Waals surface area contributed by atoms with Gasteiger partial charge in [0.1, 0.15) is 30.0 Å². The molecule has 7 nitrogen and oxygen atoms in total.